The molecule has 26 heavy (non-hydrogen) atoms. The van der Waals surface area contributed by atoms with Crippen LogP contribution in [0.5, 0.6) is 0 Å². The molecule has 0 rings (SSSR count). The van der Waals surface area contributed by atoms with Gasteiger partial charge in [0.05, 0.1) is 0 Å². The molecule has 0 bridgehead atoms. The zero-order valence-electron chi connectivity index (χ0n) is 15.5. The van der Waals surface area contributed by atoms with Crippen molar-refractivity contribution >= 4 is 49.1 Å². The van der Waals surface area contributed by atoms with Crippen molar-refractivity contribution in [2.75, 3.05) is 39.3 Å². The summed E-state index contributed by atoms with van der Waals surface area (Å²) >= 11 is 0. The molecule has 0 aliphatic rings. The van der Waals surface area contributed by atoms with E-state index in [2.05, 4.69) is 5.32 Å². The Balaban J connectivity index is -0.000000807. The van der Waals surface area contributed by atoms with E-state index in [1.165, 1.54) is 0 Å². The molecule has 6 N–H and O–H groups in total. The number of nitrogens with two attached hydrogens (primary N) is 2. The predicted molar refractivity (Wildman–Crippen MR) is 114 cm³/mol. The predicted octanol–water partition coefficient (Wildman–Crippen LogP) is 1.79. The Morgan fingerprint density at radius 1 is 0.769 bits per heavy atom. The normalized spacial score (nSPS) is 9.46. The van der Waals surface area contributed by atoms with Gasteiger partial charge in [0.25, 0.3) is 0 Å². The Hall–Kier alpha value is -0.310. The van der Waals surface area contributed by atoms with E-state index in [-0.39, 0.29) is 49.5 Å². The van der Waals surface area contributed by atoms with Gasteiger partial charge >= 0.3 is 5.97 Å². The molecule has 0 aliphatic heterocycles. The summed E-state index contributed by atoms with van der Waals surface area (Å²) in [6.45, 7) is 4.60. The van der Waals surface area contributed by atoms with E-state index in [1.54, 1.807) is 0 Å². The Kier molecular flexibility index (Phi) is 31.6. The Labute approximate surface area is 176 Å². The highest BCUT2D eigenvalue weighted by molar-refractivity contribution is 5.86. The zero-order chi connectivity index (χ0) is 17.3. The fourth-order valence-corrected chi connectivity index (χ4v) is 2.26. The summed E-state index contributed by atoms with van der Waals surface area (Å²) in [4.78, 5) is 24.5. The van der Waals surface area contributed by atoms with Crippen LogP contribution >= 0.6 is 37.2 Å². The molecule has 0 heterocycles. The maximum atomic E-state index is 12.2. The fraction of sp³-hybridized carbons (Fsp3) is 0.875. The van der Waals surface area contributed by atoms with Crippen LogP contribution in [0, 0.1) is 0 Å². The van der Waals surface area contributed by atoms with E-state index in [1.807, 2.05) is 4.90 Å². The van der Waals surface area contributed by atoms with Gasteiger partial charge in [0, 0.05) is 25.9 Å². The summed E-state index contributed by atoms with van der Waals surface area (Å²) in [5.41, 5.74) is 11.0. The minimum Gasteiger partial charge on any atom is -0.481 e. The number of hydrogen-bond donors (Lipinski definition) is 4. The first-order valence-electron chi connectivity index (χ1n) is 8.72. The molecule has 0 radical (unpaired) electrons. The van der Waals surface area contributed by atoms with Crippen molar-refractivity contribution in [2.45, 2.75) is 51.4 Å². The molecule has 0 spiro atoms. The fourth-order valence-electron chi connectivity index (χ4n) is 2.26. The number of aliphatic carboxylic acids is 1. The molecule has 0 unspecified atom stereocenters. The number of amides is 1. The van der Waals surface area contributed by atoms with E-state index in [0.717, 1.165) is 45.3 Å². The molecule has 7 nitrogen and oxygen atoms in total. The molecule has 1 amide bonds. The van der Waals surface area contributed by atoms with Crippen LogP contribution in [0.15, 0.2) is 0 Å². The molecule has 160 valence electrons. The molecule has 0 aliphatic carbocycles. The van der Waals surface area contributed by atoms with E-state index in [9.17, 15) is 9.59 Å². The average Bonchev–Trinajstić information content (AvgIpc) is 2.53. The Bertz CT molecular complexity index is 327. The largest absolute Gasteiger partial charge is 0.481 e. The van der Waals surface area contributed by atoms with Crippen molar-refractivity contribution in [3.8, 4) is 0 Å². The molecule has 0 atom stereocenters. The number of carboxylic acid groups (broad SMARTS) is 1. The maximum absolute atomic E-state index is 12.2. The second-order valence-corrected chi connectivity index (χ2v) is 5.72. The van der Waals surface area contributed by atoms with Crippen LogP contribution in [-0.2, 0) is 9.59 Å². The number of carboxylic acids is 1. The zero-order valence-corrected chi connectivity index (χ0v) is 17.9. The van der Waals surface area contributed by atoms with Gasteiger partial charge in [-0.25, -0.2) is 0 Å². The smallest absolute Gasteiger partial charge is 0.303 e. The summed E-state index contributed by atoms with van der Waals surface area (Å²) in [7, 11) is 0. The van der Waals surface area contributed by atoms with Crippen LogP contribution in [0.3, 0.4) is 0 Å². The molecule has 0 saturated carbocycles. The monoisotopic (exact) mass is 438 g/mol. The second-order valence-electron chi connectivity index (χ2n) is 5.72. The molecular weight excluding hydrogens is 403 g/mol. The first kappa shape index (κ1) is 33.3. The summed E-state index contributed by atoms with van der Waals surface area (Å²) < 4.78 is 0. The molecular formula is C16H37Cl3N4O3. The van der Waals surface area contributed by atoms with Gasteiger partial charge in [0.15, 0.2) is 0 Å². The standard InChI is InChI=1S/C16H34N4O3.3ClH/c17-9-5-12-19-11-3-4-13-20(14-6-10-18)15(21)7-1-2-8-16(22)23;;;/h19H,1-14,17-18H2,(H,22,23);3*1H. The number of carbonyl (C=O) groups excluding carboxylic acids is 1. The minimum atomic E-state index is -0.806. The van der Waals surface area contributed by atoms with Crippen molar-refractivity contribution in [1.82, 2.24) is 10.2 Å². The second kappa shape index (κ2) is 24.7. The van der Waals surface area contributed by atoms with E-state index < -0.39 is 5.97 Å². The van der Waals surface area contributed by atoms with Gasteiger partial charge in [0.2, 0.25) is 5.91 Å². The van der Waals surface area contributed by atoms with E-state index in [0.29, 0.717) is 38.9 Å². The molecule has 0 aromatic rings. The number of carbonyl (C=O) groups is 2. The quantitative estimate of drug-likeness (QED) is 0.272. The lowest BCUT2D eigenvalue weighted by atomic mass is 10.1. The first-order valence-corrected chi connectivity index (χ1v) is 8.72. The highest BCUT2D eigenvalue weighted by Crippen LogP contribution is 2.06. The van der Waals surface area contributed by atoms with Crippen LogP contribution in [0.2, 0.25) is 0 Å². The molecule has 10 heteroatoms. The summed E-state index contributed by atoms with van der Waals surface area (Å²) in [5, 5.41) is 11.9. The molecule has 0 aromatic heterocycles. The summed E-state index contributed by atoms with van der Waals surface area (Å²) in [6, 6.07) is 0. The lowest BCUT2D eigenvalue weighted by Gasteiger charge is -2.22. The van der Waals surface area contributed by atoms with Crippen LogP contribution < -0.4 is 16.8 Å². The van der Waals surface area contributed by atoms with Gasteiger partial charge in [-0.1, -0.05) is 0 Å². The van der Waals surface area contributed by atoms with Crippen LogP contribution in [0.1, 0.15) is 51.4 Å². The number of nitrogens with one attached hydrogen (secondary N) is 1. The van der Waals surface area contributed by atoms with Crippen LogP contribution in [-0.4, -0.2) is 61.2 Å². The lowest BCUT2D eigenvalue weighted by Crippen LogP contribution is -2.34. The number of nitrogens with zero attached hydrogens (tertiary/aromatic N) is 1. The Morgan fingerprint density at radius 2 is 1.31 bits per heavy atom. The third-order valence-corrected chi connectivity index (χ3v) is 3.61. The number of halogens is 3. The summed E-state index contributed by atoms with van der Waals surface area (Å²) in [6.07, 6.45) is 5.50. The van der Waals surface area contributed by atoms with Crippen LogP contribution in [0.25, 0.3) is 0 Å². The average molecular weight is 440 g/mol. The van der Waals surface area contributed by atoms with Gasteiger partial charge in [-0.3, -0.25) is 9.59 Å². The van der Waals surface area contributed by atoms with Crippen molar-refractivity contribution in [1.29, 1.82) is 0 Å². The summed E-state index contributed by atoms with van der Waals surface area (Å²) in [5.74, 6) is -0.695. The Morgan fingerprint density at radius 3 is 1.88 bits per heavy atom. The first-order chi connectivity index (χ1) is 11.1. The van der Waals surface area contributed by atoms with Gasteiger partial charge in [-0.05, 0) is 64.7 Å². The topological polar surface area (TPSA) is 122 Å². The highest BCUT2D eigenvalue weighted by atomic mass is 35.5. The lowest BCUT2D eigenvalue weighted by molar-refractivity contribution is -0.137. The van der Waals surface area contributed by atoms with Crippen molar-refractivity contribution in [3.63, 3.8) is 0 Å². The number of rotatable bonds is 16. The van der Waals surface area contributed by atoms with E-state index in [4.69, 9.17) is 16.6 Å². The highest BCUT2D eigenvalue weighted by Gasteiger charge is 2.12. The minimum absolute atomic E-state index is 0. The molecule has 0 fully saturated rings. The van der Waals surface area contributed by atoms with Gasteiger partial charge in [-0.15, -0.1) is 37.2 Å². The number of unbranched alkanes of at least 4 members (excludes halogenated alkanes) is 2. The molecule has 0 aromatic carbocycles. The SMILES string of the molecule is Cl.Cl.Cl.NCCCNCCCCN(CCCN)C(=O)CCCCC(=O)O. The number of hydrogen-bond acceptors (Lipinski definition) is 5. The van der Waals surface area contributed by atoms with E-state index >= 15 is 0 Å². The maximum Gasteiger partial charge on any atom is 0.303 e. The van der Waals surface area contributed by atoms with Crippen molar-refractivity contribution in [2.24, 2.45) is 11.5 Å². The van der Waals surface area contributed by atoms with Crippen LogP contribution in [0.4, 0.5) is 0 Å². The molecule has 0 saturated heterocycles. The van der Waals surface area contributed by atoms with Gasteiger partial charge < -0.3 is 26.8 Å². The van der Waals surface area contributed by atoms with Crippen molar-refractivity contribution in [3.05, 3.63) is 0 Å². The van der Waals surface area contributed by atoms with Gasteiger partial charge in [-0.2, -0.15) is 0 Å². The third kappa shape index (κ3) is 21.7. The third-order valence-electron chi connectivity index (χ3n) is 3.61. The van der Waals surface area contributed by atoms with Crippen molar-refractivity contribution < 1.29 is 14.7 Å². The van der Waals surface area contributed by atoms with Gasteiger partial charge in [0.1, 0.15) is 0 Å².